The van der Waals surface area contributed by atoms with Gasteiger partial charge in [0.1, 0.15) is 0 Å². The van der Waals surface area contributed by atoms with Gasteiger partial charge in [0.2, 0.25) is 0 Å². The van der Waals surface area contributed by atoms with Gasteiger partial charge in [-0.2, -0.15) is 0 Å². The van der Waals surface area contributed by atoms with Crippen molar-refractivity contribution in [3.8, 4) is 0 Å². The number of pyridine rings is 1. The number of nitrogens with one attached hydrogen (secondary N) is 1. The first-order valence-corrected chi connectivity index (χ1v) is 8.72. The van der Waals surface area contributed by atoms with E-state index in [9.17, 15) is 4.79 Å². The second kappa shape index (κ2) is 7.66. The lowest BCUT2D eigenvalue weighted by Gasteiger charge is -2.35. The van der Waals surface area contributed by atoms with Crippen LogP contribution in [0.2, 0.25) is 0 Å². The predicted molar refractivity (Wildman–Crippen MR) is 98.8 cm³/mol. The predicted octanol–water partition coefficient (Wildman–Crippen LogP) is 3.62. The molecule has 0 spiro atoms. The Bertz CT molecular complexity index is 723. The van der Waals surface area contributed by atoms with Gasteiger partial charge in [-0.25, -0.2) is 4.79 Å². The number of rotatable bonds is 3. The molecular weight excluding hydrogens is 314 g/mol. The van der Waals surface area contributed by atoms with Gasteiger partial charge in [-0.3, -0.25) is 4.98 Å². The topological polar surface area (TPSA) is 54.5 Å². The molecular formula is C20H25N3O2. The summed E-state index contributed by atoms with van der Waals surface area (Å²) in [7, 11) is 0. The molecule has 2 amide bonds. The van der Waals surface area contributed by atoms with Crippen LogP contribution in [0.3, 0.4) is 0 Å². The van der Waals surface area contributed by atoms with Gasteiger partial charge in [-0.15, -0.1) is 0 Å². The molecule has 3 rings (SSSR count). The van der Waals surface area contributed by atoms with Crippen LogP contribution in [0.4, 0.5) is 10.5 Å². The smallest absolute Gasteiger partial charge is 0.322 e. The molecule has 132 valence electrons. The number of hydrogen-bond donors (Lipinski definition) is 1. The number of carbonyl (C=O) groups is 1. The molecule has 0 bridgehead atoms. The third kappa shape index (κ3) is 4.57. The van der Waals surface area contributed by atoms with Crippen molar-refractivity contribution < 1.29 is 9.53 Å². The van der Waals surface area contributed by atoms with Crippen LogP contribution in [0.25, 0.3) is 0 Å². The Morgan fingerprint density at radius 1 is 1.24 bits per heavy atom. The minimum Gasteiger partial charge on any atom is -0.372 e. The zero-order chi connectivity index (χ0) is 17.8. The Hall–Kier alpha value is -2.40. The van der Waals surface area contributed by atoms with Crippen LogP contribution in [0.5, 0.6) is 0 Å². The molecule has 1 N–H and O–H groups in total. The normalized spacial score (nSPS) is 20.4. The fraction of sp³-hybridized carbons (Fsp3) is 0.400. The molecule has 1 aromatic heterocycles. The Labute approximate surface area is 149 Å². The van der Waals surface area contributed by atoms with Crippen molar-refractivity contribution in [3.05, 3.63) is 59.4 Å². The second-order valence-electron chi connectivity index (χ2n) is 6.74. The monoisotopic (exact) mass is 339 g/mol. The van der Waals surface area contributed by atoms with Crippen molar-refractivity contribution in [3.63, 3.8) is 0 Å². The average Bonchev–Trinajstić information content (AvgIpc) is 2.58. The van der Waals surface area contributed by atoms with Crippen LogP contribution in [0.15, 0.2) is 42.6 Å². The van der Waals surface area contributed by atoms with Gasteiger partial charge in [0.15, 0.2) is 0 Å². The van der Waals surface area contributed by atoms with E-state index >= 15 is 0 Å². The van der Waals surface area contributed by atoms with E-state index in [2.05, 4.69) is 16.4 Å². The first-order chi connectivity index (χ1) is 12.0. The van der Waals surface area contributed by atoms with Crippen LogP contribution >= 0.6 is 0 Å². The summed E-state index contributed by atoms with van der Waals surface area (Å²) < 4.78 is 5.70. The molecule has 5 heteroatoms. The van der Waals surface area contributed by atoms with Crippen molar-refractivity contribution in [1.82, 2.24) is 9.88 Å². The number of amides is 2. The Morgan fingerprint density at radius 3 is 2.68 bits per heavy atom. The summed E-state index contributed by atoms with van der Waals surface area (Å²) >= 11 is 0. The summed E-state index contributed by atoms with van der Waals surface area (Å²) in [6.45, 7) is 7.22. The number of nitrogens with zero attached hydrogens (tertiary/aromatic N) is 2. The molecule has 25 heavy (non-hydrogen) atoms. The molecule has 0 unspecified atom stereocenters. The maximum absolute atomic E-state index is 12.6. The minimum atomic E-state index is -0.0694. The van der Waals surface area contributed by atoms with Gasteiger partial charge < -0.3 is 15.0 Å². The zero-order valence-corrected chi connectivity index (χ0v) is 15.0. The number of aryl methyl sites for hydroxylation is 1. The number of anilines is 1. The van der Waals surface area contributed by atoms with E-state index in [1.807, 2.05) is 56.0 Å². The van der Waals surface area contributed by atoms with Crippen molar-refractivity contribution in [1.29, 1.82) is 0 Å². The molecule has 0 aliphatic carbocycles. The lowest BCUT2D eigenvalue weighted by atomic mass is 10.1. The van der Waals surface area contributed by atoms with E-state index in [1.165, 1.54) is 0 Å². The summed E-state index contributed by atoms with van der Waals surface area (Å²) in [5.74, 6) is 0. The van der Waals surface area contributed by atoms with Crippen LogP contribution in [0.1, 0.15) is 30.7 Å². The summed E-state index contributed by atoms with van der Waals surface area (Å²) in [4.78, 5) is 18.8. The van der Waals surface area contributed by atoms with Crippen LogP contribution < -0.4 is 5.32 Å². The van der Waals surface area contributed by atoms with Crippen LogP contribution in [-0.2, 0) is 11.2 Å². The highest BCUT2D eigenvalue weighted by molar-refractivity contribution is 5.90. The molecule has 2 atom stereocenters. The molecule has 1 fully saturated rings. The highest BCUT2D eigenvalue weighted by Crippen LogP contribution is 2.20. The minimum absolute atomic E-state index is 0.0612. The molecule has 1 aliphatic heterocycles. The SMILES string of the molecule is Cc1ccc(Cc2ccccn2)cc1NC(=O)N1C[C@@H](C)O[C@H](C)C1. The van der Waals surface area contributed by atoms with E-state index in [0.29, 0.717) is 13.1 Å². The molecule has 2 aromatic rings. The van der Waals surface area contributed by atoms with Crippen molar-refractivity contribution in [2.45, 2.75) is 39.4 Å². The van der Waals surface area contributed by atoms with Crippen molar-refractivity contribution in [2.75, 3.05) is 18.4 Å². The highest BCUT2D eigenvalue weighted by atomic mass is 16.5. The van der Waals surface area contributed by atoms with Crippen molar-refractivity contribution >= 4 is 11.7 Å². The standard InChI is InChI=1S/C20H25N3O2/c1-14-7-8-17(10-18-6-4-5-9-21-18)11-19(14)22-20(24)23-12-15(2)25-16(3)13-23/h4-9,11,15-16H,10,12-13H2,1-3H3,(H,22,24)/t15-,16-/m1/s1. The maximum atomic E-state index is 12.6. The number of ether oxygens (including phenoxy) is 1. The number of carbonyl (C=O) groups excluding carboxylic acids is 1. The van der Waals surface area contributed by atoms with E-state index in [-0.39, 0.29) is 18.2 Å². The maximum Gasteiger partial charge on any atom is 0.322 e. The molecule has 5 nitrogen and oxygen atoms in total. The Balaban J connectivity index is 1.71. The Kier molecular flexibility index (Phi) is 5.34. The van der Waals surface area contributed by atoms with E-state index in [4.69, 9.17) is 4.74 Å². The molecule has 2 heterocycles. The molecule has 1 aromatic carbocycles. The van der Waals surface area contributed by atoms with Gasteiger partial charge in [0.25, 0.3) is 0 Å². The number of benzene rings is 1. The van der Waals surface area contributed by atoms with E-state index < -0.39 is 0 Å². The summed E-state index contributed by atoms with van der Waals surface area (Å²) in [6.07, 6.45) is 2.67. The van der Waals surface area contributed by atoms with Gasteiger partial charge in [0, 0.05) is 37.1 Å². The zero-order valence-electron chi connectivity index (χ0n) is 15.0. The van der Waals surface area contributed by atoms with Crippen molar-refractivity contribution in [2.24, 2.45) is 0 Å². The van der Waals surface area contributed by atoms with E-state index in [0.717, 1.165) is 28.9 Å². The third-order valence-corrected chi connectivity index (χ3v) is 4.36. The summed E-state index contributed by atoms with van der Waals surface area (Å²) in [6, 6.07) is 12.0. The van der Waals surface area contributed by atoms with Gasteiger partial charge in [0.05, 0.1) is 12.2 Å². The van der Waals surface area contributed by atoms with Crippen LogP contribution in [0, 0.1) is 6.92 Å². The first kappa shape index (κ1) is 17.4. The first-order valence-electron chi connectivity index (χ1n) is 8.72. The molecule has 1 saturated heterocycles. The quantitative estimate of drug-likeness (QED) is 0.929. The fourth-order valence-corrected chi connectivity index (χ4v) is 3.16. The van der Waals surface area contributed by atoms with E-state index in [1.54, 1.807) is 6.20 Å². The van der Waals surface area contributed by atoms with Gasteiger partial charge in [-0.1, -0.05) is 18.2 Å². The highest BCUT2D eigenvalue weighted by Gasteiger charge is 2.26. The molecule has 1 aliphatic rings. The number of urea groups is 1. The number of hydrogen-bond acceptors (Lipinski definition) is 3. The second-order valence-corrected chi connectivity index (χ2v) is 6.74. The number of aromatic nitrogens is 1. The summed E-state index contributed by atoms with van der Waals surface area (Å²) in [5.41, 5.74) is 4.04. The Morgan fingerprint density at radius 2 is 2.00 bits per heavy atom. The number of morpholine rings is 1. The van der Waals surface area contributed by atoms with Gasteiger partial charge in [-0.05, 0) is 50.1 Å². The summed E-state index contributed by atoms with van der Waals surface area (Å²) in [5, 5.41) is 3.06. The van der Waals surface area contributed by atoms with Gasteiger partial charge >= 0.3 is 6.03 Å². The fourth-order valence-electron chi connectivity index (χ4n) is 3.16. The largest absolute Gasteiger partial charge is 0.372 e. The van der Waals surface area contributed by atoms with Crippen LogP contribution in [-0.4, -0.2) is 41.2 Å². The molecule has 0 saturated carbocycles. The molecule has 0 radical (unpaired) electrons. The third-order valence-electron chi connectivity index (χ3n) is 4.36. The lowest BCUT2D eigenvalue weighted by Crippen LogP contribution is -2.49. The lowest BCUT2D eigenvalue weighted by molar-refractivity contribution is -0.0530. The average molecular weight is 339 g/mol.